The van der Waals surface area contributed by atoms with E-state index in [0.29, 0.717) is 12.1 Å². The minimum Gasteiger partial charge on any atom is -0.387 e. The van der Waals surface area contributed by atoms with Crippen LogP contribution >= 0.6 is 0 Å². The Morgan fingerprint density at radius 2 is 1.78 bits per heavy atom. The Bertz CT molecular complexity index is 343. The largest absolute Gasteiger partial charge is 0.387 e. The summed E-state index contributed by atoms with van der Waals surface area (Å²) in [6.07, 6.45) is -2.56. The zero-order chi connectivity index (χ0) is 13.5. The number of hydrogen-bond donors (Lipinski definition) is 1. The van der Waals surface area contributed by atoms with E-state index in [0.717, 1.165) is 6.42 Å². The third-order valence-corrected chi connectivity index (χ3v) is 2.62. The number of halogens is 3. The quantitative estimate of drug-likeness (QED) is 0.816. The normalized spacial score (nSPS) is 13.3. The summed E-state index contributed by atoms with van der Waals surface area (Å²) in [5, 5.41) is 9.91. The number of aliphatic hydroxyl groups is 1. The van der Waals surface area contributed by atoms with E-state index in [-0.39, 0.29) is 18.9 Å². The van der Waals surface area contributed by atoms with Gasteiger partial charge in [0.05, 0.1) is 12.6 Å². The fraction of sp³-hybridized carbons (Fsp3) is 0.538. The van der Waals surface area contributed by atoms with Crippen LogP contribution in [0.3, 0.4) is 0 Å². The Labute approximate surface area is 105 Å². The zero-order valence-electron chi connectivity index (χ0n) is 10.3. The van der Waals surface area contributed by atoms with E-state index >= 15 is 0 Å². The van der Waals surface area contributed by atoms with Gasteiger partial charge in [-0.2, -0.15) is 0 Å². The fourth-order valence-corrected chi connectivity index (χ4v) is 1.80. The van der Waals surface area contributed by atoms with Crippen LogP contribution in [0.2, 0.25) is 0 Å². The maximum atomic E-state index is 12.7. The lowest BCUT2D eigenvalue weighted by Crippen LogP contribution is -2.33. The van der Waals surface area contributed by atoms with Crippen molar-refractivity contribution in [3.63, 3.8) is 0 Å². The summed E-state index contributed by atoms with van der Waals surface area (Å²) in [6, 6.07) is 5.42. The SMILES string of the molecule is CCCN(CC(F)F)CC(O)c1ccc(F)cc1. The van der Waals surface area contributed by atoms with Gasteiger partial charge in [-0.05, 0) is 30.7 Å². The van der Waals surface area contributed by atoms with Crippen molar-refractivity contribution in [1.29, 1.82) is 0 Å². The number of alkyl halides is 2. The van der Waals surface area contributed by atoms with Crippen LogP contribution in [0, 0.1) is 5.82 Å². The van der Waals surface area contributed by atoms with E-state index in [4.69, 9.17) is 0 Å². The molecule has 5 heteroatoms. The molecule has 2 nitrogen and oxygen atoms in total. The Morgan fingerprint density at radius 3 is 2.28 bits per heavy atom. The maximum absolute atomic E-state index is 12.7. The second-order valence-electron chi connectivity index (χ2n) is 4.22. The molecular weight excluding hydrogens is 243 g/mol. The van der Waals surface area contributed by atoms with Crippen LogP contribution in [-0.4, -0.2) is 36.1 Å². The van der Waals surface area contributed by atoms with Crippen LogP contribution in [0.5, 0.6) is 0 Å². The average Bonchev–Trinajstić information content (AvgIpc) is 2.29. The summed E-state index contributed by atoms with van der Waals surface area (Å²) in [6.45, 7) is 2.17. The number of hydrogen-bond acceptors (Lipinski definition) is 2. The van der Waals surface area contributed by atoms with E-state index in [1.807, 2.05) is 6.92 Å². The smallest absolute Gasteiger partial charge is 0.251 e. The van der Waals surface area contributed by atoms with Gasteiger partial charge in [-0.1, -0.05) is 19.1 Å². The van der Waals surface area contributed by atoms with Gasteiger partial charge in [0.15, 0.2) is 0 Å². The Hall–Kier alpha value is -1.07. The van der Waals surface area contributed by atoms with Gasteiger partial charge in [-0.3, -0.25) is 4.90 Å². The summed E-state index contributed by atoms with van der Waals surface area (Å²) in [5.74, 6) is -0.385. The monoisotopic (exact) mass is 261 g/mol. The second kappa shape index (κ2) is 7.38. The predicted octanol–water partition coefficient (Wildman–Crippen LogP) is 2.84. The summed E-state index contributed by atoms with van der Waals surface area (Å²) in [5.41, 5.74) is 0.534. The van der Waals surface area contributed by atoms with Crippen molar-refractivity contribution >= 4 is 0 Å². The van der Waals surface area contributed by atoms with Crippen molar-refractivity contribution in [3.05, 3.63) is 35.6 Å². The summed E-state index contributed by atoms with van der Waals surface area (Å²) >= 11 is 0. The van der Waals surface area contributed by atoms with Crippen LogP contribution in [0.1, 0.15) is 25.0 Å². The van der Waals surface area contributed by atoms with E-state index in [2.05, 4.69) is 0 Å². The summed E-state index contributed by atoms with van der Waals surface area (Å²) < 4.78 is 37.4. The molecule has 0 saturated carbocycles. The lowest BCUT2D eigenvalue weighted by Gasteiger charge is -2.24. The highest BCUT2D eigenvalue weighted by Gasteiger charge is 2.16. The number of rotatable bonds is 7. The van der Waals surface area contributed by atoms with Crippen molar-refractivity contribution in [3.8, 4) is 0 Å². The first kappa shape index (κ1) is 15.0. The van der Waals surface area contributed by atoms with Crippen LogP contribution < -0.4 is 0 Å². The van der Waals surface area contributed by atoms with Crippen molar-refractivity contribution in [2.24, 2.45) is 0 Å². The highest BCUT2D eigenvalue weighted by Crippen LogP contribution is 2.15. The lowest BCUT2D eigenvalue weighted by molar-refractivity contribution is 0.0546. The molecule has 1 N–H and O–H groups in total. The zero-order valence-corrected chi connectivity index (χ0v) is 10.3. The first-order valence-electron chi connectivity index (χ1n) is 5.97. The molecule has 0 saturated heterocycles. The highest BCUT2D eigenvalue weighted by molar-refractivity contribution is 5.18. The molecule has 18 heavy (non-hydrogen) atoms. The van der Waals surface area contributed by atoms with E-state index in [9.17, 15) is 18.3 Å². The molecule has 1 aromatic rings. The molecule has 102 valence electrons. The van der Waals surface area contributed by atoms with Crippen molar-refractivity contribution in [2.75, 3.05) is 19.6 Å². The summed E-state index contributed by atoms with van der Waals surface area (Å²) in [4.78, 5) is 1.51. The summed E-state index contributed by atoms with van der Waals surface area (Å²) in [7, 11) is 0. The first-order valence-corrected chi connectivity index (χ1v) is 5.97. The lowest BCUT2D eigenvalue weighted by atomic mass is 10.1. The van der Waals surface area contributed by atoms with Gasteiger partial charge in [0.25, 0.3) is 6.43 Å². The van der Waals surface area contributed by atoms with Gasteiger partial charge in [-0.15, -0.1) is 0 Å². The van der Waals surface area contributed by atoms with Gasteiger partial charge in [0.1, 0.15) is 5.82 Å². The molecule has 1 atom stereocenters. The molecule has 0 fully saturated rings. The van der Waals surface area contributed by atoms with Gasteiger partial charge >= 0.3 is 0 Å². The van der Waals surface area contributed by atoms with Crippen molar-refractivity contribution in [2.45, 2.75) is 25.9 Å². The van der Waals surface area contributed by atoms with Crippen LogP contribution in [-0.2, 0) is 0 Å². The van der Waals surface area contributed by atoms with Gasteiger partial charge in [-0.25, -0.2) is 13.2 Å². The van der Waals surface area contributed by atoms with Gasteiger partial charge in [0, 0.05) is 6.54 Å². The molecule has 1 rings (SSSR count). The van der Waals surface area contributed by atoms with Gasteiger partial charge < -0.3 is 5.11 Å². The minimum absolute atomic E-state index is 0.129. The van der Waals surface area contributed by atoms with Crippen LogP contribution in [0.15, 0.2) is 24.3 Å². The van der Waals surface area contributed by atoms with Crippen LogP contribution in [0.4, 0.5) is 13.2 Å². The van der Waals surface area contributed by atoms with Crippen molar-refractivity contribution in [1.82, 2.24) is 4.90 Å². The van der Waals surface area contributed by atoms with E-state index < -0.39 is 12.5 Å². The molecule has 1 aromatic carbocycles. The van der Waals surface area contributed by atoms with Crippen molar-refractivity contribution < 1.29 is 18.3 Å². The second-order valence-corrected chi connectivity index (χ2v) is 4.22. The molecule has 1 unspecified atom stereocenters. The Morgan fingerprint density at radius 1 is 1.17 bits per heavy atom. The van der Waals surface area contributed by atoms with E-state index in [1.165, 1.54) is 29.2 Å². The number of nitrogens with zero attached hydrogens (tertiary/aromatic N) is 1. The molecule has 0 aliphatic rings. The first-order chi connectivity index (χ1) is 8.52. The fourth-order valence-electron chi connectivity index (χ4n) is 1.80. The standard InChI is InChI=1S/C13H18F3NO/c1-2-7-17(9-13(15)16)8-12(18)10-3-5-11(14)6-4-10/h3-6,12-13,18H,2,7-9H2,1H3. The van der Waals surface area contributed by atoms with Gasteiger partial charge in [0.2, 0.25) is 0 Å². The molecule has 0 spiro atoms. The Balaban J connectivity index is 2.59. The molecule has 0 radical (unpaired) electrons. The van der Waals surface area contributed by atoms with Crippen LogP contribution in [0.25, 0.3) is 0 Å². The Kier molecular flexibility index (Phi) is 6.15. The molecule has 0 aromatic heterocycles. The maximum Gasteiger partial charge on any atom is 0.251 e. The highest BCUT2D eigenvalue weighted by atomic mass is 19.3. The molecular formula is C13H18F3NO. The molecule has 0 heterocycles. The number of benzene rings is 1. The molecule has 0 aliphatic carbocycles. The third-order valence-electron chi connectivity index (χ3n) is 2.62. The minimum atomic E-state index is -2.42. The number of aliphatic hydroxyl groups excluding tert-OH is 1. The molecule has 0 aliphatic heterocycles. The third kappa shape index (κ3) is 5.06. The molecule has 0 amide bonds. The van der Waals surface area contributed by atoms with E-state index in [1.54, 1.807) is 0 Å². The topological polar surface area (TPSA) is 23.5 Å². The predicted molar refractivity (Wildman–Crippen MR) is 64.1 cm³/mol. The average molecular weight is 261 g/mol. The molecule has 0 bridgehead atoms.